The minimum absolute atomic E-state index is 0.0285. The number of thiazole rings is 1. The largest absolute Gasteiger partial charge is 0.378 e. The Labute approximate surface area is 391 Å². The third-order valence-corrected chi connectivity index (χ3v) is 14.0. The number of likely N-dealkylation sites (N-methyl/N-ethyl adjacent to an activating group) is 1. The molecule has 2 fully saturated rings. The molecule has 2 saturated heterocycles. The second kappa shape index (κ2) is 20.2. The number of aldehydes is 1. The molecule has 6 heterocycles. The number of rotatable bonds is 10. The molecule has 3 aromatic heterocycles. The number of amides is 5. The van der Waals surface area contributed by atoms with E-state index in [1.54, 1.807) is 30.2 Å². The lowest BCUT2D eigenvalue weighted by atomic mass is 9.84. The number of fused-ring (bicyclic) bond motifs is 6. The minimum atomic E-state index is -1.19. The van der Waals surface area contributed by atoms with Crippen molar-refractivity contribution >= 4 is 52.3 Å². The van der Waals surface area contributed by atoms with Crippen molar-refractivity contribution in [3.63, 3.8) is 0 Å². The maximum absolute atomic E-state index is 14.8. The Morgan fingerprint density at radius 3 is 2.53 bits per heavy atom. The van der Waals surface area contributed by atoms with Gasteiger partial charge in [-0.2, -0.15) is 0 Å². The number of carbonyl (C=O) groups is 5. The monoisotopic (exact) mass is 923 g/mol. The van der Waals surface area contributed by atoms with Gasteiger partial charge in [0.2, 0.25) is 11.8 Å². The van der Waals surface area contributed by atoms with E-state index in [0.29, 0.717) is 70.1 Å². The fourth-order valence-electron chi connectivity index (χ4n) is 9.69. The molecule has 7 rings (SSSR count). The number of piperazine rings is 1. The standard InChI is InChI=1S/C49H65N9O7S/c1-10-41(60)55-20-22-56(23-21-55)47(63)54(8)43(31(3)4)45(61)52-37-25-40-51-38(27-66-40)33-15-16-39-35(24-33)36(44(57(39)11-2)34-14-12-18-50-42(34)32(5)64-9)26-48(6,7)29-65-30-49(28-59)17-13-19-58(53-49)46(37)62/h10,12,14-16,18,24,27-28,31-32,37,43,53H,1,11,13,17,19-23,25-26,29-30H2,2-9H3,(H,52,61)/t32-,37-,43-,49-/m0/s1. The maximum atomic E-state index is 14.8. The number of hydrazine groups is 1. The summed E-state index contributed by atoms with van der Waals surface area (Å²) < 4.78 is 14.7. The first-order valence-corrected chi connectivity index (χ1v) is 23.9. The summed E-state index contributed by atoms with van der Waals surface area (Å²) in [4.78, 5) is 83.0. The fraction of sp³-hybridized carbons (Fsp3) is 0.531. The predicted octanol–water partition coefficient (Wildman–Crippen LogP) is 5.65. The van der Waals surface area contributed by atoms with Crippen molar-refractivity contribution in [3.8, 4) is 22.5 Å². The SMILES string of the molecule is C=CC(=O)N1CCN(C(=O)N(C)[C@H](C(=O)N[C@H]2Cc3nc(cs3)-c3ccc4c(c3)c(c(-c3cccnc3[C@H](C)OC)n4CC)CC(C)(C)COC[C@@]3(C=O)CCCN(N3)C2=O)C(C)C)CC1. The second-order valence-electron chi connectivity index (χ2n) is 18.9. The number of hydrogen-bond donors (Lipinski definition) is 2. The molecule has 5 amide bonds. The van der Waals surface area contributed by atoms with Crippen LogP contribution in [0.3, 0.4) is 0 Å². The second-order valence-corrected chi connectivity index (χ2v) is 19.9. The van der Waals surface area contributed by atoms with Crippen LogP contribution in [0.4, 0.5) is 4.79 Å². The molecule has 354 valence electrons. The van der Waals surface area contributed by atoms with E-state index in [9.17, 15) is 24.0 Å². The van der Waals surface area contributed by atoms with Gasteiger partial charge in [-0.3, -0.25) is 24.4 Å². The van der Waals surface area contributed by atoms with Crippen molar-refractivity contribution in [2.45, 2.75) is 97.5 Å². The molecule has 2 N–H and O–H groups in total. The number of methoxy groups -OCH3 is 1. The van der Waals surface area contributed by atoms with Gasteiger partial charge in [-0.25, -0.2) is 15.2 Å². The Kier molecular flexibility index (Phi) is 14.8. The van der Waals surface area contributed by atoms with Crippen molar-refractivity contribution < 1.29 is 33.4 Å². The van der Waals surface area contributed by atoms with Crippen molar-refractivity contribution in [2.24, 2.45) is 11.3 Å². The molecule has 0 radical (unpaired) electrons. The first-order chi connectivity index (χ1) is 31.5. The Balaban J connectivity index is 1.27. The van der Waals surface area contributed by atoms with Gasteiger partial charge in [0.15, 0.2) is 0 Å². The molecule has 16 nitrogen and oxygen atoms in total. The van der Waals surface area contributed by atoms with Crippen LogP contribution in [0.5, 0.6) is 0 Å². The molecule has 3 aliphatic rings. The highest BCUT2D eigenvalue weighted by atomic mass is 32.1. The number of aryl methyl sites for hydroxylation is 1. The lowest BCUT2D eigenvalue weighted by Crippen LogP contribution is -2.66. The normalized spacial score (nSPS) is 21.3. The maximum Gasteiger partial charge on any atom is 0.320 e. The number of urea groups is 1. The van der Waals surface area contributed by atoms with Crippen LogP contribution in [0.25, 0.3) is 33.4 Å². The Bertz CT molecular complexity index is 2460. The molecule has 4 atom stereocenters. The number of nitrogens with zero attached hydrogens (tertiary/aromatic N) is 7. The third kappa shape index (κ3) is 9.94. The van der Waals surface area contributed by atoms with Crippen molar-refractivity contribution in [1.82, 2.24) is 45.0 Å². The lowest BCUT2D eigenvalue weighted by molar-refractivity contribution is -0.147. The van der Waals surface area contributed by atoms with Crippen molar-refractivity contribution in [1.29, 1.82) is 0 Å². The average Bonchev–Trinajstić information content (AvgIpc) is 3.91. The van der Waals surface area contributed by atoms with Crippen LogP contribution in [-0.4, -0.2) is 142 Å². The molecule has 3 aliphatic heterocycles. The van der Waals surface area contributed by atoms with Crippen LogP contribution in [0.1, 0.15) is 76.8 Å². The van der Waals surface area contributed by atoms with Gasteiger partial charge < -0.3 is 38.9 Å². The molecule has 66 heavy (non-hydrogen) atoms. The van der Waals surface area contributed by atoms with E-state index in [4.69, 9.17) is 19.4 Å². The molecule has 0 unspecified atom stereocenters. The zero-order valence-electron chi connectivity index (χ0n) is 39.6. The van der Waals surface area contributed by atoms with E-state index in [2.05, 4.69) is 66.9 Å². The summed E-state index contributed by atoms with van der Waals surface area (Å²) in [7, 11) is 3.28. The van der Waals surface area contributed by atoms with E-state index in [-0.39, 0.29) is 37.0 Å². The van der Waals surface area contributed by atoms with E-state index < -0.39 is 34.9 Å². The van der Waals surface area contributed by atoms with Gasteiger partial charge in [0, 0.05) is 93.5 Å². The molecule has 4 aromatic rings. The minimum Gasteiger partial charge on any atom is -0.378 e. The number of pyridine rings is 1. The first-order valence-electron chi connectivity index (χ1n) is 23.0. The molecule has 1 aromatic carbocycles. The lowest BCUT2D eigenvalue weighted by Gasteiger charge is -2.42. The summed E-state index contributed by atoms with van der Waals surface area (Å²) in [6, 6.07) is 8.11. The van der Waals surface area contributed by atoms with E-state index in [1.807, 2.05) is 32.2 Å². The van der Waals surface area contributed by atoms with Crippen molar-refractivity contribution in [2.75, 3.05) is 60.1 Å². The van der Waals surface area contributed by atoms with E-state index in [1.165, 1.54) is 27.3 Å². The van der Waals surface area contributed by atoms with Crippen LogP contribution in [0.15, 0.2) is 54.6 Å². The predicted molar refractivity (Wildman–Crippen MR) is 254 cm³/mol. The van der Waals surface area contributed by atoms with Crippen LogP contribution in [0.2, 0.25) is 0 Å². The zero-order chi connectivity index (χ0) is 47.5. The summed E-state index contributed by atoms with van der Waals surface area (Å²) in [5.74, 6) is -1.43. The fourth-order valence-corrected chi connectivity index (χ4v) is 10.5. The third-order valence-electron chi connectivity index (χ3n) is 13.2. The van der Waals surface area contributed by atoms with Crippen LogP contribution in [0, 0.1) is 11.3 Å². The Morgan fingerprint density at radius 1 is 1.11 bits per heavy atom. The number of carbonyl (C=O) groups excluding carboxylic acids is 5. The van der Waals surface area contributed by atoms with Crippen LogP contribution >= 0.6 is 11.3 Å². The average molecular weight is 924 g/mol. The van der Waals surface area contributed by atoms with Crippen molar-refractivity contribution in [3.05, 3.63) is 70.8 Å². The highest BCUT2D eigenvalue weighted by molar-refractivity contribution is 7.10. The number of hydrogen-bond acceptors (Lipinski definition) is 11. The summed E-state index contributed by atoms with van der Waals surface area (Å²) in [6.07, 6.45) is 5.33. The summed E-state index contributed by atoms with van der Waals surface area (Å²) in [5, 5.41) is 8.15. The van der Waals surface area contributed by atoms with Gasteiger partial charge >= 0.3 is 6.03 Å². The summed E-state index contributed by atoms with van der Waals surface area (Å²) >= 11 is 1.41. The van der Waals surface area contributed by atoms with Crippen LogP contribution in [-0.2, 0) is 48.0 Å². The molecular weight excluding hydrogens is 859 g/mol. The van der Waals surface area contributed by atoms with Crippen LogP contribution < -0.4 is 10.7 Å². The summed E-state index contributed by atoms with van der Waals surface area (Å²) in [5.41, 5.74) is 8.41. The number of aromatic nitrogens is 3. The smallest absolute Gasteiger partial charge is 0.320 e. The van der Waals surface area contributed by atoms with Gasteiger partial charge in [-0.05, 0) is 80.3 Å². The topological polar surface area (TPSA) is 172 Å². The van der Waals surface area contributed by atoms with Gasteiger partial charge in [-0.15, -0.1) is 11.3 Å². The quantitative estimate of drug-likeness (QED) is 0.150. The molecule has 0 saturated carbocycles. The molecule has 0 aliphatic carbocycles. The molecule has 0 spiro atoms. The highest BCUT2D eigenvalue weighted by Gasteiger charge is 2.42. The highest BCUT2D eigenvalue weighted by Crippen LogP contribution is 2.42. The van der Waals surface area contributed by atoms with Gasteiger partial charge in [0.25, 0.3) is 5.91 Å². The van der Waals surface area contributed by atoms with E-state index >= 15 is 0 Å². The summed E-state index contributed by atoms with van der Waals surface area (Å²) in [6.45, 7) is 18.4. The molecular formula is C49H65N9O7S. The van der Waals surface area contributed by atoms with Gasteiger partial charge in [0.1, 0.15) is 23.9 Å². The van der Waals surface area contributed by atoms with Gasteiger partial charge in [-0.1, -0.05) is 40.3 Å². The number of nitrogens with one attached hydrogen (secondary N) is 2. The zero-order valence-corrected chi connectivity index (χ0v) is 40.4. The Morgan fingerprint density at radius 2 is 1.85 bits per heavy atom. The first kappa shape index (κ1) is 48.4. The van der Waals surface area contributed by atoms with E-state index in [0.717, 1.165) is 51.0 Å². The number of benzene rings is 1. The molecule has 6 bridgehead atoms. The molecule has 17 heteroatoms. The van der Waals surface area contributed by atoms with Gasteiger partial charge in [0.05, 0.1) is 41.4 Å². The number of ether oxygens (including phenoxy) is 2. The Hall–Kier alpha value is -5.49.